The van der Waals surface area contributed by atoms with Gasteiger partial charge in [-0.2, -0.15) is 0 Å². The second kappa shape index (κ2) is 10.7. The number of carbonyl (C=O) groups excluding carboxylic acids is 2. The van der Waals surface area contributed by atoms with E-state index in [4.69, 9.17) is 13.9 Å². The van der Waals surface area contributed by atoms with E-state index in [1.54, 1.807) is 62.6 Å². The van der Waals surface area contributed by atoms with Gasteiger partial charge in [0.25, 0.3) is 11.8 Å². The number of methoxy groups -OCH3 is 1. The fraction of sp³-hybridized carbons (Fsp3) is 0.167. The van der Waals surface area contributed by atoms with Gasteiger partial charge in [-0.15, -0.1) is 0 Å². The molecule has 3 rings (SSSR count). The highest BCUT2D eigenvalue weighted by molar-refractivity contribution is 6.05. The van der Waals surface area contributed by atoms with Gasteiger partial charge in [0.2, 0.25) is 0 Å². The minimum Gasteiger partial charge on any atom is -0.493 e. The molecule has 2 N–H and O–H groups in total. The molecule has 1 atom stereocenters. The van der Waals surface area contributed by atoms with E-state index in [0.717, 1.165) is 0 Å². The zero-order valence-electron chi connectivity index (χ0n) is 17.3. The molecule has 2 aromatic carbocycles. The summed E-state index contributed by atoms with van der Waals surface area (Å²) in [5, 5.41) is 5.49. The molecule has 1 aromatic heterocycles. The fourth-order valence-corrected chi connectivity index (χ4v) is 2.75. The smallest absolute Gasteiger partial charge is 0.268 e. The number of rotatable bonds is 9. The topological polar surface area (TPSA) is 89.8 Å². The van der Waals surface area contributed by atoms with E-state index in [2.05, 4.69) is 10.6 Å². The molecule has 0 aliphatic heterocycles. The van der Waals surface area contributed by atoms with Crippen molar-refractivity contribution in [3.05, 3.63) is 90.0 Å². The van der Waals surface area contributed by atoms with Crippen molar-refractivity contribution in [1.29, 1.82) is 0 Å². The number of carbonyl (C=O) groups is 2. The van der Waals surface area contributed by atoms with Crippen molar-refractivity contribution in [3.8, 4) is 11.5 Å². The standard InChI is InChI=1S/C24H24N2O5/c1-17(16-31-22-13-7-6-12-21(22)29-2)25-24(28)20(15-19-11-8-14-30-19)26-23(27)18-9-4-3-5-10-18/h3-15,17H,16H2,1-2H3,(H,25,28)(H,26,27)/b20-15-/t17-/m0/s1. The van der Waals surface area contributed by atoms with Crippen molar-refractivity contribution in [2.45, 2.75) is 13.0 Å². The summed E-state index contributed by atoms with van der Waals surface area (Å²) in [6.45, 7) is 2.02. The van der Waals surface area contributed by atoms with Crippen LogP contribution in [0.25, 0.3) is 6.08 Å². The Kier molecular flexibility index (Phi) is 7.48. The maximum atomic E-state index is 12.9. The second-order valence-electron chi connectivity index (χ2n) is 6.73. The largest absolute Gasteiger partial charge is 0.493 e. The predicted molar refractivity (Wildman–Crippen MR) is 117 cm³/mol. The predicted octanol–water partition coefficient (Wildman–Crippen LogP) is 3.64. The fourth-order valence-electron chi connectivity index (χ4n) is 2.75. The van der Waals surface area contributed by atoms with Crippen LogP contribution in [0.1, 0.15) is 23.0 Å². The number of benzene rings is 2. The summed E-state index contributed by atoms with van der Waals surface area (Å²) in [7, 11) is 1.56. The molecule has 3 aromatic rings. The Labute approximate surface area is 180 Å². The monoisotopic (exact) mass is 420 g/mol. The Morgan fingerprint density at radius 3 is 2.39 bits per heavy atom. The molecular weight excluding hydrogens is 396 g/mol. The molecule has 31 heavy (non-hydrogen) atoms. The van der Waals surface area contributed by atoms with Crippen molar-refractivity contribution in [2.24, 2.45) is 0 Å². The molecule has 0 fully saturated rings. The van der Waals surface area contributed by atoms with E-state index in [9.17, 15) is 9.59 Å². The molecule has 0 aliphatic carbocycles. The lowest BCUT2D eigenvalue weighted by Gasteiger charge is -2.18. The molecule has 160 valence electrons. The first-order valence-corrected chi connectivity index (χ1v) is 9.75. The maximum Gasteiger partial charge on any atom is 0.268 e. The van der Waals surface area contributed by atoms with Crippen LogP contribution in [0.5, 0.6) is 11.5 Å². The minimum absolute atomic E-state index is 0.0629. The molecule has 7 nitrogen and oxygen atoms in total. The van der Waals surface area contributed by atoms with Crippen LogP contribution in [0.15, 0.2) is 83.1 Å². The highest BCUT2D eigenvalue weighted by Crippen LogP contribution is 2.25. The van der Waals surface area contributed by atoms with E-state index in [-0.39, 0.29) is 18.3 Å². The van der Waals surface area contributed by atoms with Gasteiger partial charge in [0.15, 0.2) is 11.5 Å². The Bertz CT molecular complexity index is 1030. The van der Waals surface area contributed by atoms with Crippen molar-refractivity contribution in [1.82, 2.24) is 10.6 Å². The van der Waals surface area contributed by atoms with Gasteiger partial charge in [-0.1, -0.05) is 30.3 Å². The number of ether oxygens (including phenoxy) is 2. The second-order valence-corrected chi connectivity index (χ2v) is 6.73. The summed E-state index contributed by atoms with van der Waals surface area (Å²) in [4.78, 5) is 25.4. The van der Waals surface area contributed by atoms with Crippen molar-refractivity contribution < 1.29 is 23.5 Å². The summed E-state index contributed by atoms with van der Waals surface area (Å²) in [6.07, 6.45) is 2.97. The quantitative estimate of drug-likeness (QED) is 0.516. The number of hydrogen-bond acceptors (Lipinski definition) is 5. The lowest BCUT2D eigenvalue weighted by atomic mass is 10.2. The number of nitrogens with one attached hydrogen (secondary N) is 2. The van der Waals surface area contributed by atoms with Gasteiger partial charge in [-0.3, -0.25) is 9.59 Å². The third-order valence-electron chi connectivity index (χ3n) is 4.29. The van der Waals surface area contributed by atoms with Crippen LogP contribution in [-0.4, -0.2) is 31.6 Å². The summed E-state index contributed by atoms with van der Waals surface area (Å²) in [5.74, 6) is 0.768. The molecule has 2 amide bonds. The molecule has 0 saturated heterocycles. The number of para-hydroxylation sites is 2. The van der Waals surface area contributed by atoms with Crippen LogP contribution in [0.3, 0.4) is 0 Å². The lowest BCUT2D eigenvalue weighted by Crippen LogP contribution is -2.41. The summed E-state index contributed by atoms with van der Waals surface area (Å²) in [5.41, 5.74) is 0.501. The van der Waals surface area contributed by atoms with Crippen LogP contribution >= 0.6 is 0 Å². The van der Waals surface area contributed by atoms with Crippen LogP contribution in [0, 0.1) is 0 Å². The van der Waals surface area contributed by atoms with Crippen molar-refractivity contribution in [3.63, 3.8) is 0 Å². The van der Waals surface area contributed by atoms with Gasteiger partial charge >= 0.3 is 0 Å². The van der Waals surface area contributed by atoms with E-state index in [1.807, 2.05) is 18.2 Å². The molecule has 0 spiro atoms. The van der Waals surface area contributed by atoms with Gasteiger partial charge in [-0.25, -0.2) is 0 Å². The zero-order valence-corrected chi connectivity index (χ0v) is 17.3. The van der Waals surface area contributed by atoms with Crippen LogP contribution in [-0.2, 0) is 4.79 Å². The molecule has 0 radical (unpaired) electrons. The number of amides is 2. The third-order valence-corrected chi connectivity index (χ3v) is 4.29. The molecular formula is C24H24N2O5. The average Bonchev–Trinajstić information content (AvgIpc) is 3.31. The SMILES string of the molecule is COc1ccccc1OC[C@H](C)NC(=O)/C(=C/c1ccco1)NC(=O)c1ccccc1. The first kappa shape index (κ1) is 21.7. The first-order valence-electron chi connectivity index (χ1n) is 9.75. The van der Waals surface area contributed by atoms with Crippen LogP contribution in [0.2, 0.25) is 0 Å². The van der Waals surface area contributed by atoms with Crippen LogP contribution < -0.4 is 20.1 Å². The Morgan fingerprint density at radius 1 is 1.00 bits per heavy atom. The molecule has 0 unspecified atom stereocenters. The maximum absolute atomic E-state index is 12.9. The first-order chi connectivity index (χ1) is 15.1. The average molecular weight is 420 g/mol. The molecule has 0 saturated carbocycles. The lowest BCUT2D eigenvalue weighted by molar-refractivity contribution is -0.118. The van der Waals surface area contributed by atoms with Crippen LogP contribution in [0.4, 0.5) is 0 Å². The molecule has 0 bridgehead atoms. The summed E-state index contributed by atoms with van der Waals surface area (Å²) < 4.78 is 16.3. The van der Waals surface area contributed by atoms with E-state index in [1.165, 1.54) is 12.3 Å². The highest BCUT2D eigenvalue weighted by Gasteiger charge is 2.18. The van der Waals surface area contributed by atoms with Gasteiger partial charge in [0.05, 0.1) is 19.4 Å². The van der Waals surface area contributed by atoms with E-state index < -0.39 is 11.8 Å². The van der Waals surface area contributed by atoms with Gasteiger partial charge < -0.3 is 24.5 Å². The Morgan fingerprint density at radius 2 is 1.71 bits per heavy atom. The van der Waals surface area contributed by atoms with Crippen molar-refractivity contribution >= 4 is 17.9 Å². The minimum atomic E-state index is -0.461. The van der Waals surface area contributed by atoms with Crippen molar-refractivity contribution in [2.75, 3.05) is 13.7 Å². The molecule has 1 heterocycles. The van der Waals surface area contributed by atoms with Gasteiger partial charge in [0, 0.05) is 11.6 Å². The Hall–Kier alpha value is -4.00. The van der Waals surface area contributed by atoms with Gasteiger partial charge in [-0.05, 0) is 43.3 Å². The zero-order chi connectivity index (χ0) is 22.1. The molecule has 0 aliphatic rings. The normalized spacial score (nSPS) is 12.0. The van der Waals surface area contributed by atoms with E-state index in [0.29, 0.717) is 22.8 Å². The third kappa shape index (κ3) is 6.24. The molecule has 7 heteroatoms. The number of furan rings is 1. The van der Waals surface area contributed by atoms with Gasteiger partial charge in [0.1, 0.15) is 18.1 Å². The highest BCUT2D eigenvalue weighted by atomic mass is 16.5. The van der Waals surface area contributed by atoms with E-state index >= 15 is 0 Å². The Balaban J connectivity index is 1.67. The number of hydrogen-bond donors (Lipinski definition) is 2. The summed E-state index contributed by atoms with van der Waals surface area (Å²) >= 11 is 0. The summed E-state index contributed by atoms with van der Waals surface area (Å²) in [6, 6.07) is 19.0.